The number of carbonyl (C=O) groups is 1. The highest BCUT2D eigenvalue weighted by molar-refractivity contribution is 14.1. The molecular formula is C18H19IN2O2S. The zero-order chi connectivity index (χ0) is 17.4. The van der Waals surface area contributed by atoms with Crippen LogP contribution < -0.4 is 15.4 Å². The Morgan fingerprint density at radius 3 is 2.62 bits per heavy atom. The number of unbranched alkanes of at least 4 members (excludes halogenated alkanes) is 1. The molecular weight excluding hydrogens is 435 g/mol. The highest BCUT2D eigenvalue weighted by Crippen LogP contribution is 2.16. The largest absolute Gasteiger partial charge is 0.494 e. The first-order valence-corrected chi connectivity index (χ1v) is 9.18. The van der Waals surface area contributed by atoms with Gasteiger partial charge >= 0.3 is 0 Å². The van der Waals surface area contributed by atoms with E-state index in [2.05, 4.69) is 40.1 Å². The van der Waals surface area contributed by atoms with Gasteiger partial charge in [-0.15, -0.1) is 0 Å². The predicted octanol–water partition coefficient (Wildman–Crippen LogP) is 4.60. The van der Waals surface area contributed by atoms with E-state index in [1.807, 2.05) is 36.4 Å². The van der Waals surface area contributed by atoms with E-state index in [0.29, 0.717) is 12.2 Å². The van der Waals surface area contributed by atoms with E-state index < -0.39 is 0 Å². The maximum absolute atomic E-state index is 12.1. The Kier molecular flexibility index (Phi) is 7.45. The number of carbonyl (C=O) groups excluding carboxylic acids is 1. The Labute approximate surface area is 161 Å². The smallest absolute Gasteiger partial charge is 0.257 e. The summed E-state index contributed by atoms with van der Waals surface area (Å²) in [5.41, 5.74) is 1.37. The van der Waals surface area contributed by atoms with Gasteiger partial charge in [-0.05, 0) is 83.7 Å². The van der Waals surface area contributed by atoms with Crippen LogP contribution in [0.3, 0.4) is 0 Å². The van der Waals surface area contributed by atoms with Crippen molar-refractivity contribution < 1.29 is 9.53 Å². The van der Waals surface area contributed by atoms with Gasteiger partial charge in [0.2, 0.25) is 0 Å². The third kappa shape index (κ3) is 6.09. The van der Waals surface area contributed by atoms with Gasteiger partial charge in [0.15, 0.2) is 5.11 Å². The van der Waals surface area contributed by atoms with Gasteiger partial charge in [0.05, 0.1) is 6.61 Å². The molecule has 24 heavy (non-hydrogen) atoms. The van der Waals surface area contributed by atoms with Crippen molar-refractivity contribution in [2.75, 3.05) is 11.9 Å². The van der Waals surface area contributed by atoms with Gasteiger partial charge < -0.3 is 10.1 Å². The number of halogens is 1. The van der Waals surface area contributed by atoms with Crippen molar-refractivity contribution in [2.24, 2.45) is 0 Å². The fraction of sp³-hybridized carbons (Fsp3) is 0.222. The standard InChI is InChI=1S/C18H19IN2O2S/c1-2-3-11-23-16-9-7-15(8-10-16)20-18(24)21-17(22)13-5-4-6-14(19)12-13/h4-10,12H,2-3,11H2,1H3,(H2,20,21,22,24). The lowest BCUT2D eigenvalue weighted by Gasteiger charge is -2.11. The minimum atomic E-state index is -0.231. The Morgan fingerprint density at radius 2 is 1.96 bits per heavy atom. The third-order valence-corrected chi connectivity index (χ3v) is 4.07. The summed E-state index contributed by atoms with van der Waals surface area (Å²) in [6.07, 6.45) is 2.14. The summed E-state index contributed by atoms with van der Waals surface area (Å²) in [6.45, 7) is 2.84. The summed E-state index contributed by atoms with van der Waals surface area (Å²) < 4.78 is 6.61. The van der Waals surface area contributed by atoms with Gasteiger partial charge in [-0.1, -0.05) is 19.4 Å². The maximum atomic E-state index is 12.1. The van der Waals surface area contributed by atoms with Gasteiger partial charge in [-0.3, -0.25) is 10.1 Å². The minimum Gasteiger partial charge on any atom is -0.494 e. The number of ether oxygens (including phenoxy) is 1. The molecule has 0 bridgehead atoms. The summed E-state index contributed by atoms with van der Waals surface area (Å²) in [6, 6.07) is 14.8. The van der Waals surface area contributed by atoms with E-state index in [1.54, 1.807) is 12.1 Å². The Hall–Kier alpha value is -1.67. The molecule has 0 saturated heterocycles. The Morgan fingerprint density at radius 1 is 1.21 bits per heavy atom. The second-order valence-corrected chi connectivity index (χ2v) is 6.80. The zero-order valence-electron chi connectivity index (χ0n) is 13.3. The summed E-state index contributed by atoms with van der Waals surface area (Å²) in [5.74, 6) is 0.591. The number of benzene rings is 2. The SMILES string of the molecule is CCCCOc1ccc(NC(=S)NC(=O)c2cccc(I)c2)cc1. The average molecular weight is 454 g/mol. The first-order valence-electron chi connectivity index (χ1n) is 7.69. The van der Waals surface area contributed by atoms with E-state index in [1.165, 1.54) is 0 Å². The van der Waals surface area contributed by atoms with Crippen molar-refractivity contribution >= 4 is 51.5 Å². The first kappa shape index (κ1) is 18.7. The molecule has 0 fully saturated rings. The monoisotopic (exact) mass is 454 g/mol. The van der Waals surface area contributed by atoms with Crippen LogP contribution in [0.1, 0.15) is 30.1 Å². The molecule has 0 radical (unpaired) electrons. The van der Waals surface area contributed by atoms with Gasteiger partial charge in [-0.2, -0.15) is 0 Å². The molecule has 0 heterocycles. The third-order valence-electron chi connectivity index (χ3n) is 3.19. The van der Waals surface area contributed by atoms with Gasteiger partial charge in [-0.25, -0.2) is 0 Å². The van der Waals surface area contributed by atoms with E-state index in [0.717, 1.165) is 27.8 Å². The molecule has 0 atom stereocenters. The van der Waals surface area contributed by atoms with Crippen LogP contribution in [0.4, 0.5) is 5.69 Å². The molecule has 0 saturated carbocycles. The Balaban J connectivity index is 1.86. The summed E-state index contributed by atoms with van der Waals surface area (Å²) in [4.78, 5) is 12.1. The number of hydrogen-bond donors (Lipinski definition) is 2. The lowest BCUT2D eigenvalue weighted by Crippen LogP contribution is -2.34. The van der Waals surface area contributed by atoms with Crippen LogP contribution in [-0.2, 0) is 0 Å². The summed E-state index contributed by atoms with van der Waals surface area (Å²) in [7, 11) is 0. The number of anilines is 1. The normalized spacial score (nSPS) is 10.1. The lowest BCUT2D eigenvalue weighted by molar-refractivity contribution is 0.0977. The molecule has 0 aliphatic heterocycles. The quantitative estimate of drug-likeness (QED) is 0.381. The maximum Gasteiger partial charge on any atom is 0.257 e. The van der Waals surface area contributed by atoms with Crippen LogP contribution in [0.15, 0.2) is 48.5 Å². The average Bonchev–Trinajstić information content (AvgIpc) is 2.56. The molecule has 0 aromatic heterocycles. The van der Waals surface area contributed by atoms with Crippen LogP contribution in [0.25, 0.3) is 0 Å². The Bertz CT molecular complexity index is 704. The first-order chi connectivity index (χ1) is 11.6. The second kappa shape index (κ2) is 9.58. The molecule has 0 spiro atoms. The molecule has 4 nitrogen and oxygen atoms in total. The van der Waals surface area contributed by atoms with E-state index in [4.69, 9.17) is 17.0 Å². The van der Waals surface area contributed by atoms with Gasteiger partial charge in [0.1, 0.15) is 5.75 Å². The van der Waals surface area contributed by atoms with E-state index in [9.17, 15) is 4.79 Å². The van der Waals surface area contributed by atoms with E-state index in [-0.39, 0.29) is 11.0 Å². The molecule has 2 aromatic rings. The number of amides is 1. The summed E-state index contributed by atoms with van der Waals surface area (Å²) in [5, 5.41) is 5.93. The minimum absolute atomic E-state index is 0.231. The lowest BCUT2D eigenvalue weighted by atomic mass is 10.2. The molecule has 1 amide bonds. The summed E-state index contributed by atoms with van der Waals surface area (Å²) >= 11 is 7.35. The van der Waals surface area contributed by atoms with Crippen molar-refractivity contribution in [3.63, 3.8) is 0 Å². The van der Waals surface area contributed by atoms with Crippen molar-refractivity contribution in [2.45, 2.75) is 19.8 Å². The predicted molar refractivity (Wildman–Crippen MR) is 110 cm³/mol. The zero-order valence-corrected chi connectivity index (χ0v) is 16.3. The van der Waals surface area contributed by atoms with Crippen LogP contribution in [0, 0.1) is 3.57 Å². The fourth-order valence-corrected chi connectivity index (χ4v) is 2.69. The van der Waals surface area contributed by atoms with Crippen LogP contribution in [-0.4, -0.2) is 17.6 Å². The number of nitrogens with one attached hydrogen (secondary N) is 2. The molecule has 2 N–H and O–H groups in total. The van der Waals surface area contributed by atoms with Crippen molar-refractivity contribution in [1.29, 1.82) is 0 Å². The van der Waals surface area contributed by atoms with Gasteiger partial charge in [0, 0.05) is 14.8 Å². The highest BCUT2D eigenvalue weighted by Gasteiger charge is 2.08. The molecule has 126 valence electrons. The second-order valence-electron chi connectivity index (χ2n) is 5.14. The van der Waals surface area contributed by atoms with Gasteiger partial charge in [0.25, 0.3) is 5.91 Å². The van der Waals surface area contributed by atoms with Crippen LogP contribution in [0.5, 0.6) is 5.75 Å². The molecule has 6 heteroatoms. The number of thiocarbonyl (C=S) groups is 1. The van der Waals surface area contributed by atoms with Crippen molar-refractivity contribution in [3.8, 4) is 5.75 Å². The molecule has 2 aromatic carbocycles. The molecule has 0 unspecified atom stereocenters. The molecule has 0 aliphatic rings. The number of rotatable bonds is 6. The van der Waals surface area contributed by atoms with Crippen LogP contribution >= 0.6 is 34.8 Å². The molecule has 2 rings (SSSR count). The topological polar surface area (TPSA) is 50.4 Å². The van der Waals surface area contributed by atoms with E-state index >= 15 is 0 Å². The highest BCUT2D eigenvalue weighted by atomic mass is 127. The van der Waals surface area contributed by atoms with Crippen LogP contribution in [0.2, 0.25) is 0 Å². The van der Waals surface area contributed by atoms with Crippen molar-refractivity contribution in [1.82, 2.24) is 5.32 Å². The fourth-order valence-electron chi connectivity index (χ4n) is 1.94. The molecule has 0 aliphatic carbocycles. The van der Waals surface area contributed by atoms with Crippen molar-refractivity contribution in [3.05, 3.63) is 57.7 Å². The number of hydrogen-bond acceptors (Lipinski definition) is 3.